The van der Waals surface area contributed by atoms with E-state index in [1.165, 1.54) is 6.33 Å². The Labute approximate surface area is 189 Å². The number of fused-ring (bicyclic) bond motifs is 1. The molecule has 0 spiro atoms. The molecule has 32 heavy (non-hydrogen) atoms. The van der Waals surface area contributed by atoms with Crippen molar-refractivity contribution >= 4 is 45.3 Å². The normalized spacial score (nSPS) is 10.8. The number of amides is 1. The predicted molar refractivity (Wildman–Crippen MR) is 130 cm³/mol. The Hall–Kier alpha value is -4.10. The number of nitrogens with one attached hydrogen (secondary N) is 2. The largest absolute Gasteiger partial charge is 0.340 e. The van der Waals surface area contributed by atoms with E-state index in [1.54, 1.807) is 23.5 Å². The summed E-state index contributed by atoms with van der Waals surface area (Å²) in [4.78, 5) is 25.9. The highest BCUT2D eigenvalue weighted by atomic mass is 32.1. The van der Waals surface area contributed by atoms with Gasteiger partial charge in [0.25, 0.3) is 5.91 Å². The molecule has 0 fully saturated rings. The van der Waals surface area contributed by atoms with Crippen LogP contribution in [0.5, 0.6) is 0 Å². The minimum atomic E-state index is -0.182. The number of aromatic nitrogens is 3. The van der Waals surface area contributed by atoms with Crippen LogP contribution in [0.15, 0.2) is 84.5 Å². The summed E-state index contributed by atoms with van der Waals surface area (Å²) < 4.78 is 0. The molecular weight excluding hydrogens is 418 g/mol. The Morgan fingerprint density at radius 2 is 1.75 bits per heavy atom. The minimum absolute atomic E-state index is 0.182. The lowest BCUT2D eigenvalue weighted by Crippen LogP contribution is -2.12. The number of hydrogen-bond donors (Lipinski definition) is 2. The molecule has 0 saturated heterocycles. The van der Waals surface area contributed by atoms with Crippen LogP contribution in [-0.2, 0) is 0 Å². The molecule has 5 aromatic rings. The van der Waals surface area contributed by atoms with Crippen LogP contribution in [0.1, 0.15) is 15.4 Å². The number of aryl methyl sites for hydroxylation is 1. The Morgan fingerprint density at radius 1 is 0.906 bits per heavy atom. The van der Waals surface area contributed by atoms with Crippen LogP contribution in [-0.4, -0.2) is 20.9 Å². The zero-order valence-electron chi connectivity index (χ0n) is 17.2. The summed E-state index contributed by atoms with van der Waals surface area (Å²) >= 11 is 1.62. The van der Waals surface area contributed by atoms with Crippen molar-refractivity contribution in [2.75, 3.05) is 10.6 Å². The summed E-state index contributed by atoms with van der Waals surface area (Å²) in [6.07, 6.45) is 1.53. The highest BCUT2D eigenvalue weighted by Crippen LogP contribution is 2.25. The molecule has 0 aliphatic rings. The summed E-state index contributed by atoms with van der Waals surface area (Å²) in [5.74, 6) is 0.513. The van der Waals surface area contributed by atoms with Gasteiger partial charge in [-0.15, -0.1) is 11.3 Å². The topological polar surface area (TPSA) is 79.8 Å². The summed E-state index contributed by atoms with van der Waals surface area (Å²) in [6.45, 7) is 1.99. The van der Waals surface area contributed by atoms with Crippen LogP contribution in [0.3, 0.4) is 0 Å². The van der Waals surface area contributed by atoms with E-state index in [4.69, 9.17) is 0 Å². The van der Waals surface area contributed by atoms with Gasteiger partial charge < -0.3 is 10.6 Å². The molecule has 5 rings (SSSR count). The molecule has 3 aromatic carbocycles. The molecule has 2 aromatic heterocycles. The van der Waals surface area contributed by atoms with Gasteiger partial charge in [0.1, 0.15) is 12.1 Å². The first kappa shape index (κ1) is 19.8. The molecule has 1 amide bonds. The number of carbonyl (C=O) groups is 1. The monoisotopic (exact) mass is 437 g/mol. The fourth-order valence-corrected chi connectivity index (χ4v) is 4.02. The molecule has 0 aliphatic carbocycles. The van der Waals surface area contributed by atoms with Crippen molar-refractivity contribution in [2.45, 2.75) is 6.92 Å². The van der Waals surface area contributed by atoms with Crippen molar-refractivity contribution in [3.8, 4) is 11.3 Å². The van der Waals surface area contributed by atoms with Gasteiger partial charge in [0.05, 0.1) is 16.2 Å². The number of para-hydroxylation sites is 1. The fraction of sp³-hybridized carbons (Fsp3) is 0.0400. The predicted octanol–water partition coefficient (Wildman–Crippen LogP) is 6.06. The van der Waals surface area contributed by atoms with Crippen molar-refractivity contribution in [3.05, 3.63) is 95.1 Å². The van der Waals surface area contributed by atoms with E-state index in [1.807, 2.05) is 73.0 Å². The molecule has 0 radical (unpaired) electrons. The molecule has 0 bridgehead atoms. The van der Waals surface area contributed by atoms with Crippen molar-refractivity contribution in [1.82, 2.24) is 15.0 Å². The number of thiazole rings is 1. The lowest BCUT2D eigenvalue weighted by atomic mass is 10.1. The highest BCUT2D eigenvalue weighted by molar-refractivity contribution is 7.09. The SMILES string of the molecule is Cc1nc(-c2ccc(NC(=O)c3cccc(Nc4ncnc5ccccc45)c3)cc2)cs1. The van der Waals surface area contributed by atoms with E-state index in [0.717, 1.165) is 38.5 Å². The average Bonchev–Trinajstić information content (AvgIpc) is 3.26. The number of anilines is 3. The van der Waals surface area contributed by atoms with Gasteiger partial charge in [-0.3, -0.25) is 4.79 Å². The molecule has 7 heteroatoms. The van der Waals surface area contributed by atoms with Crippen molar-refractivity contribution in [2.24, 2.45) is 0 Å². The Morgan fingerprint density at radius 3 is 2.56 bits per heavy atom. The molecule has 0 unspecified atom stereocenters. The van der Waals surface area contributed by atoms with E-state index in [2.05, 4.69) is 25.6 Å². The van der Waals surface area contributed by atoms with Gasteiger partial charge in [0.2, 0.25) is 0 Å². The third kappa shape index (κ3) is 4.19. The summed E-state index contributed by atoms with van der Waals surface area (Å²) in [7, 11) is 0. The number of nitrogens with zero attached hydrogens (tertiary/aromatic N) is 3. The summed E-state index contributed by atoms with van der Waals surface area (Å²) in [6, 6.07) is 22.8. The van der Waals surface area contributed by atoms with Crippen LogP contribution in [0.25, 0.3) is 22.2 Å². The Kier molecular flexibility index (Phi) is 5.31. The number of hydrogen-bond acceptors (Lipinski definition) is 6. The summed E-state index contributed by atoms with van der Waals surface area (Å²) in [5.41, 5.74) is 4.88. The quantitative estimate of drug-likeness (QED) is 0.349. The van der Waals surface area contributed by atoms with E-state index >= 15 is 0 Å². The van der Waals surface area contributed by atoms with Crippen molar-refractivity contribution in [3.63, 3.8) is 0 Å². The number of carbonyl (C=O) groups excluding carboxylic acids is 1. The maximum absolute atomic E-state index is 12.8. The van der Waals surface area contributed by atoms with Gasteiger partial charge in [0, 0.05) is 33.3 Å². The smallest absolute Gasteiger partial charge is 0.255 e. The number of benzene rings is 3. The van der Waals surface area contributed by atoms with Gasteiger partial charge in [0.15, 0.2) is 0 Å². The first-order valence-electron chi connectivity index (χ1n) is 10.1. The van der Waals surface area contributed by atoms with E-state index in [9.17, 15) is 4.79 Å². The number of rotatable bonds is 5. The standard InChI is InChI=1S/C25H19N5OS/c1-16-28-23(14-32-16)17-9-11-19(12-10-17)30-25(31)18-5-4-6-20(13-18)29-24-21-7-2-3-8-22(21)26-15-27-24/h2-15H,1H3,(H,30,31)(H,26,27,29). The lowest BCUT2D eigenvalue weighted by molar-refractivity contribution is 0.102. The molecule has 0 atom stereocenters. The molecule has 2 heterocycles. The van der Waals surface area contributed by atoms with Crippen LogP contribution in [0, 0.1) is 6.92 Å². The molecule has 0 aliphatic heterocycles. The van der Waals surface area contributed by atoms with E-state index in [-0.39, 0.29) is 5.91 Å². The van der Waals surface area contributed by atoms with E-state index < -0.39 is 0 Å². The van der Waals surface area contributed by atoms with Crippen LogP contribution < -0.4 is 10.6 Å². The third-order valence-corrected chi connectivity index (χ3v) is 5.76. The first-order chi connectivity index (χ1) is 15.7. The van der Waals surface area contributed by atoms with Gasteiger partial charge in [-0.2, -0.15) is 0 Å². The molecule has 156 valence electrons. The second-order valence-corrected chi connectivity index (χ2v) is 8.29. The van der Waals surface area contributed by atoms with Gasteiger partial charge in [-0.25, -0.2) is 15.0 Å². The van der Waals surface area contributed by atoms with Crippen LogP contribution >= 0.6 is 11.3 Å². The Balaban J connectivity index is 1.32. The van der Waals surface area contributed by atoms with Crippen LogP contribution in [0.2, 0.25) is 0 Å². The maximum atomic E-state index is 12.8. The van der Waals surface area contributed by atoms with Crippen LogP contribution in [0.4, 0.5) is 17.2 Å². The zero-order valence-corrected chi connectivity index (χ0v) is 18.1. The Bertz CT molecular complexity index is 1410. The maximum Gasteiger partial charge on any atom is 0.255 e. The fourth-order valence-electron chi connectivity index (χ4n) is 3.40. The summed E-state index contributed by atoms with van der Waals surface area (Å²) in [5, 5.41) is 10.2. The van der Waals surface area contributed by atoms with Gasteiger partial charge in [-0.05, 0) is 49.4 Å². The first-order valence-corrected chi connectivity index (χ1v) is 10.9. The van der Waals surface area contributed by atoms with Gasteiger partial charge in [-0.1, -0.05) is 30.3 Å². The molecular formula is C25H19N5OS. The minimum Gasteiger partial charge on any atom is -0.340 e. The van der Waals surface area contributed by atoms with Gasteiger partial charge >= 0.3 is 0 Å². The average molecular weight is 438 g/mol. The second-order valence-electron chi connectivity index (χ2n) is 7.23. The molecule has 2 N–H and O–H groups in total. The highest BCUT2D eigenvalue weighted by Gasteiger charge is 2.09. The molecule has 6 nitrogen and oxygen atoms in total. The second kappa shape index (κ2) is 8.56. The molecule has 0 saturated carbocycles. The van der Waals surface area contributed by atoms with Crippen molar-refractivity contribution in [1.29, 1.82) is 0 Å². The van der Waals surface area contributed by atoms with Crippen molar-refractivity contribution < 1.29 is 4.79 Å². The lowest BCUT2D eigenvalue weighted by Gasteiger charge is -2.10. The zero-order chi connectivity index (χ0) is 21.9. The van der Waals surface area contributed by atoms with E-state index in [0.29, 0.717) is 11.4 Å². The third-order valence-electron chi connectivity index (χ3n) is 4.99.